The standard InChI is InChI=1S/C20H26O2/c1-15(2)10-13-19-17(7-5-9-20(19)22-3)12-11-16-6-4-8-18(21)14-16/h4-9,14-15,21H,10-13H2,1-3H3. The van der Waals surface area contributed by atoms with E-state index < -0.39 is 0 Å². The molecule has 2 heteroatoms. The van der Waals surface area contributed by atoms with Crippen LogP contribution in [0.1, 0.15) is 37.0 Å². The Morgan fingerprint density at radius 2 is 1.77 bits per heavy atom. The Kier molecular flexibility index (Phi) is 5.88. The lowest BCUT2D eigenvalue weighted by molar-refractivity contribution is 0.406. The Hall–Kier alpha value is -1.96. The van der Waals surface area contributed by atoms with Gasteiger partial charge in [-0.05, 0) is 66.5 Å². The Morgan fingerprint density at radius 1 is 1.00 bits per heavy atom. The molecule has 0 heterocycles. The Labute approximate surface area is 133 Å². The number of aromatic hydroxyl groups is 1. The molecule has 0 saturated carbocycles. The molecule has 0 aromatic heterocycles. The second kappa shape index (κ2) is 7.88. The number of benzene rings is 2. The molecule has 0 aliphatic heterocycles. The SMILES string of the molecule is COc1cccc(CCc2cccc(O)c2)c1CCC(C)C. The number of ether oxygens (including phenoxy) is 1. The molecule has 1 N–H and O–H groups in total. The lowest BCUT2D eigenvalue weighted by atomic mass is 9.94. The van der Waals surface area contributed by atoms with Gasteiger partial charge in [-0.1, -0.05) is 38.1 Å². The van der Waals surface area contributed by atoms with Crippen LogP contribution in [-0.4, -0.2) is 12.2 Å². The van der Waals surface area contributed by atoms with Crippen LogP contribution in [0.2, 0.25) is 0 Å². The van der Waals surface area contributed by atoms with Crippen molar-refractivity contribution in [3.63, 3.8) is 0 Å². The summed E-state index contributed by atoms with van der Waals surface area (Å²) in [5, 5.41) is 9.57. The first-order valence-corrected chi connectivity index (χ1v) is 8.02. The zero-order valence-electron chi connectivity index (χ0n) is 13.8. The van der Waals surface area contributed by atoms with Crippen LogP contribution in [-0.2, 0) is 19.3 Å². The Bertz CT molecular complexity index is 602. The Balaban J connectivity index is 2.15. The summed E-state index contributed by atoms with van der Waals surface area (Å²) in [6, 6.07) is 13.8. The molecule has 0 spiro atoms. The summed E-state index contributed by atoms with van der Waals surface area (Å²) in [5.41, 5.74) is 3.85. The van der Waals surface area contributed by atoms with Crippen LogP contribution in [0.15, 0.2) is 42.5 Å². The molecule has 2 rings (SSSR count). The van der Waals surface area contributed by atoms with E-state index in [1.807, 2.05) is 18.2 Å². The smallest absolute Gasteiger partial charge is 0.122 e. The molecule has 0 radical (unpaired) electrons. The first-order chi connectivity index (χ1) is 10.6. The molecule has 0 aliphatic rings. The lowest BCUT2D eigenvalue weighted by Gasteiger charge is -2.15. The van der Waals surface area contributed by atoms with E-state index in [0.29, 0.717) is 11.7 Å². The van der Waals surface area contributed by atoms with E-state index in [1.165, 1.54) is 17.5 Å². The average Bonchev–Trinajstić information content (AvgIpc) is 2.51. The summed E-state index contributed by atoms with van der Waals surface area (Å²) in [6.07, 6.45) is 4.11. The molecule has 0 atom stereocenters. The largest absolute Gasteiger partial charge is 0.508 e. The maximum atomic E-state index is 9.57. The maximum absolute atomic E-state index is 9.57. The van der Waals surface area contributed by atoms with Crippen molar-refractivity contribution < 1.29 is 9.84 Å². The molecular formula is C20H26O2. The summed E-state index contributed by atoms with van der Waals surface area (Å²) in [4.78, 5) is 0. The van der Waals surface area contributed by atoms with E-state index in [2.05, 4.69) is 32.0 Å². The summed E-state index contributed by atoms with van der Waals surface area (Å²) in [7, 11) is 1.74. The monoisotopic (exact) mass is 298 g/mol. The van der Waals surface area contributed by atoms with Gasteiger partial charge in [0.2, 0.25) is 0 Å². The summed E-state index contributed by atoms with van der Waals surface area (Å²) in [6.45, 7) is 4.50. The van der Waals surface area contributed by atoms with E-state index in [-0.39, 0.29) is 0 Å². The van der Waals surface area contributed by atoms with E-state index in [9.17, 15) is 5.11 Å². The molecular weight excluding hydrogens is 272 g/mol. The zero-order valence-corrected chi connectivity index (χ0v) is 13.8. The molecule has 0 aliphatic carbocycles. The van der Waals surface area contributed by atoms with Crippen molar-refractivity contribution in [1.82, 2.24) is 0 Å². The molecule has 22 heavy (non-hydrogen) atoms. The lowest BCUT2D eigenvalue weighted by Crippen LogP contribution is -2.02. The zero-order chi connectivity index (χ0) is 15.9. The van der Waals surface area contributed by atoms with E-state index in [0.717, 1.165) is 30.6 Å². The van der Waals surface area contributed by atoms with Gasteiger partial charge in [0.25, 0.3) is 0 Å². The van der Waals surface area contributed by atoms with Crippen LogP contribution in [0.3, 0.4) is 0 Å². The number of phenolic OH excluding ortho intramolecular Hbond substituents is 1. The van der Waals surface area contributed by atoms with Crippen molar-refractivity contribution >= 4 is 0 Å². The highest BCUT2D eigenvalue weighted by Gasteiger charge is 2.10. The predicted octanol–water partition coefficient (Wildman–Crippen LogP) is 4.77. The first kappa shape index (κ1) is 16.4. The minimum absolute atomic E-state index is 0.336. The third-order valence-corrected chi connectivity index (χ3v) is 4.02. The van der Waals surface area contributed by atoms with Gasteiger partial charge in [-0.25, -0.2) is 0 Å². The second-order valence-electron chi connectivity index (χ2n) is 6.20. The fourth-order valence-electron chi connectivity index (χ4n) is 2.74. The van der Waals surface area contributed by atoms with Gasteiger partial charge in [0.15, 0.2) is 0 Å². The number of rotatable bonds is 7. The molecule has 0 amide bonds. The van der Waals surface area contributed by atoms with Gasteiger partial charge in [0.05, 0.1) is 7.11 Å². The van der Waals surface area contributed by atoms with Crippen molar-refractivity contribution in [2.45, 2.75) is 39.5 Å². The highest BCUT2D eigenvalue weighted by atomic mass is 16.5. The molecule has 0 unspecified atom stereocenters. The normalized spacial score (nSPS) is 10.9. The van der Waals surface area contributed by atoms with Crippen LogP contribution >= 0.6 is 0 Å². The van der Waals surface area contributed by atoms with Crippen molar-refractivity contribution in [1.29, 1.82) is 0 Å². The van der Waals surface area contributed by atoms with Crippen molar-refractivity contribution in [2.75, 3.05) is 7.11 Å². The second-order valence-corrected chi connectivity index (χ2v) is 6.20. The average molecular weight is 298 g/mol. The molecule has 118 valence electrons. The molecule has 2 aromatic carbocycles. The van der Waals surface area contributed by atoms with Gasteiger partial charge < -0.3 is 9.84 Å². The van der Waals surface area contributed by atoms with E-state index in [4.69, 9.17) is 4.74 Å². The number of phenols is 1. The van der Waals surface area contributed by atoms with E-state index in [1.54, 1.807) is 13.2 Å². The minimum atomic E-state index is 0.336. The number of hydrogen-bond donors (Lipinski definition) is 1. The fourth-order valence-corrected chi connectivity index (χ4v) is 2.74. The number of aryl methyl sites for hydroxylation is 2. The predicted molar refractivity (Wildman–Crippen MR) is 91.7 cm³/mol. The van der Waals surface area contributed by atoms with E-state index >= 15 is 0 Å². The summed E-state index contributed by atoms with van der Waals surface area (Å²) >= 11 is 0. The molecule has 2 aromatic rings. The van der Waals surface area contributed by atoms with Crippen LogP contribution in [0.25, 0.3) is 0 Å². The van der Waals surface area contributed by atoms with Gasteiger partial charge in [0, 0.05) is 0 Å². The first-order valence-electron chi connectivity index (χ1n) is 8.02. The minimum Gasteiger partial charge on any atom is -0.508 e. The topological polar surface area (TPSA) is 29.5 Å². The quantitative estimate of drug-likeness (QED) is 0.797. The highest BCUT2D eigenvalue weighted by molar-refractivity contribution is 5.41. The van der Waals surface area contributed by atoms with Crippen LogP contribution < -0.4 is 4.74 Å². The number of methoxy groups -OCH3 is 1. The third-order valence-electron chi connectivity index (χ3n) is 4.02. The van der Waals surface area contributed by atoms with Crippen LogP contribution in [0, 0.1) is 5.92 Å². The van der Waals surface area contributed by atoms with Crippen molar-refractivity contribution in [3.05, 3.63) is 59.2 Å². The summed E-state index contributed by atoms with van der Waals surface area (Å²) < 4.78 is 5.55. The molecule has 0 saturated heterocycles. The molecule has 0 bridgehead atoms. The van der Waals surface area contributed by atoms with Crippen molar-refractivity contribution in [3.8, 4) is 11.5 Å². The van der Waals surface area contributed by atoms with Gasteiger partial charge in [-0.15, -0.1) is 0 Å². The molecule has 0 fully saturated rings. The van der Waals surface area contributed by atoms with Crippen LogP contribution in [0.5, 0.6) is 11.5 Å². The van der Waals surface area contributed by atoms with Crippen LogP contribution in [0.4, 0.5) is 0 Å². The van der Waals surface area contributed by atoms with Gasteiger partial charge in [0.1, 0.15) is 11.5 Å². The van der Waals surface area contributed by atoms with Gasteiger partial charge >= 0.3 is 0 Å². The Morgan fingerprint density at radius 3 is 2.45 bits per heavy atom. The maximum Gasteiger partial charge on any atom is 0.122 e. The number of hydrogen-bond acceptors (Lipinski definition) is 2. The molecule has 2 nitrogen and oxygen atoms in total. The van der Waals surface area contributed by atoms with Gasteiger partial charge in [-0.3, -0.25) is 0 Å². The third kappa shape index (κ3) is 4.52. The highest BCUT2D eigenvalue weighted by Crippen LogP contribution is 2.26. The van der Waals surface area contributed by atoms with Crippen molar-refractivity contribution in [2.24, 2.45) is 5.92 Å². The van der Waals surface area contributed by atoms with Gasteiger partial charge in [-0.2, -0.15) is 0 Å². The fraction of sp³-hybridized carbons (Fsp3) is 0.400. The summed E-state index contributed by atoms with van der Waals surface area (Å²) in [5.74, 6) is 2.01.